The highest BCUT2D eigenvalue weighted by Gasteiger charge is 2.09. The quantitative estimate of drug-likeness (QED) is 0.752. The molecular weight excluding hydrogens is 296 g/mol. The number of halogens is 1. The number of benzene rings is 1. The molecule has 4 N–H and O–H groups in total. The number of H-pyrrole nitrogens is 1. The van der Waals surface area contributed by atoms with Gasteiger partial charge >= 0.3 is 0 Å². The highest BCUT2D eigenvalue weighted by atomic mass is 79.9. The fourth-order valence-corrected chi connectivity index (χ4v) is 1.94. The number of aromatic nitrogens is 2. The first kappa shape index (κ1) is 12.6. The zero-order chi connectivity index (χ0) is 13.0. The van der Waals surface area contributed by atoms with Crippen LogP contribution in [0.25, 0.3) is 0 Å². The maximum atomic E-state index is 11.9. The Morgan fingerprint density at radius 3 is 3.00 bits per heavy atom. The number of anilines is 1. The van der Waals surface area contributed by atoms with Crippen molar-refractivity contribution in [3.05, 3.63) is 46.5 Å². The number of imidazole rings is 1. The molecule has 1 aromatic heterocycles. The number of hydrogen-bond donors (Lipinski definition) is 3. The molecule has 1 aromatic carbocycles. The Morgan fingerprint density at radius 2 is 2.33 bits per heavy atom. The van der Waals surface area contributed by atoms with Crippen molar-refractivity contribution >= 4 is 27.5 Å². The third kappa shape index (κ3) is 3.10. The molecule has 6 heteroatoms. The molecule has 18 heavy (non-hydrogen) atoms. The van der Waals surface area contributed by atoms with E-state index in [0.29, 0.717) is 24.2 Å². The van der Waals surface area contributed by atoms with Crippen LogP contribution < -0.4 is 11.1 Å². The summed E-state index contributed by atoms with van der Waals surface area (Å²) in [5, 5.41) is 2.80. The molecule has 0 unspecified atom stereocenters. The van der Waals surface area contributed by atoms with Crippen LogP contribution in [0.2, 0.25) is 0 Å². The lowest BCUT2D eigenvalue weighted by molar-refractivity contribution is 0.0955. The third-order valence-corrected chi connectivity index (χ3v) is 2.95. The van der Waals surface area contributed by atoms with Crippen LogP contribution >= 0.6 is 15.9 Å². The Labute approximate surface area is 113 Å². The molecule has 1 heterocycles. The number of nitrogens with two attached hydrogens (primary N) is 1. The molecule has 0 bridgehead atoms. The van der Waals surface area contributed by atoms with Gasteiger partial charge in [-0.3, -0.25) is 4.79 Å². The van der Waals surface area contributed by atoms with Crippen molar-refractivity contribution in [1.82, 2.24) is 15.3 Å². The smallest absolute Gasteiger partial charge is 0.253 e. The molecule has 0 saturated heterocycles. The van der Waals surface area contributed by atoms with Gasteiger partial charge in [0.2, 0.25) is 0 Å². The van der Waals surface area contributed by atoms with Gasteiger partial charge in [-0.2, -0.15) is 0 Å². The number of carbonyl (C=O) groups excluding carboxylic acids is 1. The van der Waals surface area contributed by atoms with Gasteiger partial charge in [0.15, 0.2) is 0 Å². The van der Waals surface area contributed by atoms with E-state index in [4.69, 9.17) is 5.73 Å². The van der Waals surface area contributed by atoms with Crippen molar-refractivity contribution in [2.45, 2.75) is 6.42 Å². The molecule has 0 saturated carbocycles. The summed E-state index contributed by atoms with van der Waals surface area (Å²) in [6.07, 6.45) is 4.10. The van der Waals surface area contributed by atoms with Crippen LogP contribution in [0.4, 0.5) is 5.69 Å². The predicted molar refractivity (Wildman–Crippen MR) is 73.2 cm³/mol. The lowest BCUT2D eigenvalue weighted by Gasteiger charge is -2.07. The summed E-state index contributed by atoms with van der Waals surface area (Å²) in [7, 11) is 0. The number of nitrogens with zero attached hydrogens (tertiary/aromatic N) is 1. The second-order valence-corrected chi connectivity index (χ2v) is 4.69. The minimum Gasteiger partial charge on any atom is -0.398 e. The van der Waals surface area contributed by atoms with E-state index < -0.39 is 0 Å². The zero-order valence-electron chi connectivity index (χ0n) is 9.61. The van der Waals surface area contributed by atoms with E-state index in [9.17, 15) is 4.79 Å². The first-order valence-corrected chi connectivity index (χ1v) is 6.27. The second-order valence-electron chi connectivity index (χ2n) is 3.77. The highest BCUT2D eigenvalue weighted by Crippen LogP contribution is 2.18. The molecule has 0 atom stereocenters. The van der Waals surface area contributed by atoms with Gasteiger partial charge in [-0.25, -0.2) is 4.98 Å². The lowest BCUT2D eigenvalue weighted by atomic mass is 10.1. The normalized spacial score (nSPS) is 10.3. The largest absolute Gasteiger partial charge is 0.398 e. The topological polar surface area (TPSA) is 83.8 Å². The number of nitrogen functional groups attached to an aromatic ring is 1. The second kappa shape index (κ2) is 5.68. The number of amides is 1. The van der Waals surface area contributed by atoms with Gasteiger partial charge in [0.05, 0.1) is 5.56 Å². The van der Waals surface area contributed by atoms with Gasteiger partial charge < -0.3 is 16.0 Å². The summed E-state index contributed by atoms with van der Waals surface area (Å²) < 4.78 is 0.854. The SMILES string of the molecule is Nc1cc(Br)ccc1C(=O)NCCc1ncc[nH]1. The summed E-state index contributed by atoms with van der Waals surface area (Å²) in [4.78, 5) is 18.9. The minimum absolute atomic E-state index is 0.174. The molecule has 94 valence electrons. The molecule has 0 spiro atoms. The van der Waals surface area contributed by atoms with E-state index in [1.54, 1.807) is 30.6 Å². The summed E-state index contributed by atoms with van der Waals surface area (Å²) in [5.74, 6) is 0.672. The summed E-state index contributed by atoms with van der Waals surface area (Å²) in [5.41, 5.74) is 6.72. The van der Waals surface area contributed by atoms with Crippen molar-refractivity contribution < 1.29 is 4.79 Å². The van der Waals surface area contributed by atoms with Crippen molar-refractivity contribution in [3.63, 3.8) is 0 Å². The van der Waals surface area contributed by atoms with Crippen LogP contribution in [0.3, 0.4) is 0 Å². The van der Waals surface area contributed by atoms with Crippen molar-refractivity contribution in [2.75, 3.05) is 12.3 Å². The fourth-order valence-electron chi connectivity index (χ4n) is 1.56. The van der Waals surface area contributed by atoms with Crippen molar-refractivity contribution in [2.24, 2.45) is 0 Å². The Morgan fingerprint density at radius 1 is 1.50 bits per heavy atom. The van der Waals surface area contributed by atoms with Gasteiger partial charge in [-0.1, -0.05) is 15.9 Å². The maximum Gasteiger partial charge on any atom is 0.253 e. The van der Waals surface area contributed by atoms with E-state index in [2.05, 4.69) is 31.2 Å². The molecule has 0 fully saturated rings. The predicted octanol–water partition coefficient (Wildman–Crippen LogP) is 1.73. The van der Waals surface area contributed by atoms with Crippen LogP contribution in [-0.2, 0) is 6.42 Å². The van der Waals surface area contributed by atoms with Gasteiger partial charge in [-0.05, 0) is 18.2 Å². The van der Waals surface area contributed by atoms with Gasteiger partial charge in [0.1, 0.15) is 5.82 Å². The molecule has 5 nitrogen and oxygen atoms in total. The van der Waals surface area contributed by atoms with Crippen LogP contribution in [0.1, 0.15) is 16.2 Å². The van der Waals surface area contributed by atoms with Crippen LogP contribution in [-0.4, -0.2) is 22.4 Å². The Bertz CT molecular complexity index is 539. The van der Waals surface area contributed by atoms with Gasteiger partial charge in [0.25, 0.3) is 5.91 Å². The Balaban J connectivity index is 1.91. The summed E-state index contributed by atoms with van der Waals surface area (Å²) >= 11 is 3.30. The zero-order valence-corrected chi connectivity index (χ0v) is 11.2. The number of rotatable bonds is 4. The number of nitrogens with one attached hydrogen (secondary N) is 2. The highest BCUT2D eigenvalue weighted by molar-refractivity contribution is 9.10. The standard InChI is InChI=1S/C12H13BrN4O/c13-8-1-2-9(10(14)7-8)12(18)17-4-3-11-15-5-6-16-11/h1-2,5-7H,3-4,14H2,(H,15,16)(H,17,18). The minimum atomic E-state index is -0.174. The molecule has 2 aromatic rings. The van der Waals surface area contributed by atoms with E-state index in [1.165, 1.54) is 0 Å². The Hall–Kier alpha value is -1.82. The van der Waals surface area contributed by atoms with E-state index >= 15 is 0 Å². The molecule has 1 amide bonds. The van der Waals surface area contributed by atoms with Crippen molar-refractivity contribution in [3.8, 4) is 0 Å². The first-order valence-electron chi connectivity index (χ1n) is 5.48. The van der Waals surface area contributed by atoms with Crippen LogP contribution in [0, 0.1) is 0 Å². The van der Waals surface area contributed by atoms with Crippen LogP contribution in [0.15, 0.2) is 35.1 Å². The molecule has 0 radical (unpaired) electrons. The monoisotopic (exact) mass is 308 g/mol. The van der Waals surface area contributed by atoms with E-state index in [-0.39, 0.29) is 5.91 Å². The van der Waals surface area contributed by atoms with Gasteiger partial charge in [0, 0.05) is 35.5 Å². The Kier molecular flexibility index (Phi) is 3.99. The van der Waals surface area contributed by atoms with Gasteiger partial charge in [-0.15, -0.1) is 0 Å². The fraction of sp³-hybridized carbons (Fsp3) is 0.167. The molecular formula is C12H13BrN4O. The van der Waals surface area contributed by atoms with Crippen molar-refractivity contribution in [1.29, 1.82) is 0 Å². The summed E-state index contributed by atoms with van der Waals surface area (Å²) in [6, 6.07) is 5.20. The first-order chi connectivity index (χ1) is 8.66. The van der Waals surface area contributed by atoms with E-state index in [1.807, 2.05) is 0 Å². The molecule has 2 rings (SSSR count). The van der Waals surface area contributed by atoms with E-state index in [0.717, 1.165) is 10.3 Å². The molecule has 0 aliphatic heterocycles. The number of hydrogen-bond acceptors (Lipinski definition) is 3. The summed E-state index contributed by atoms with van der Waals surface area (Å²) in [6.45, 7) is 0.516. The number of carbonyl (C=O) groups is 1. The third-order valence-electron chi connectivity index (χ3n) is 2.46. The van der Waals surface area contributed by atoms with Crippen LogP contribution in [0.5, 0.6) is 0 Å². The average molecular weight is 309 g/mol. The molecule has 0 aliphatic carbocycles. The average Bonchev–Trinajstić information content (AvgIpc) is 2.81. The lowest BCUT2D eigenvalue weighted by Crippen LogP contribution is -2.26. The maximum absolute atomic E-state index is 11.9. The number of aromatic amines is 1. The molecule has 0 aliphatic rings.